The van der Waals surface area contributed by atoms with Crippen molar-refractivity contribution in [3.63, 3.8) is 0 Å². The molecule has 1 aliphatic rings. The van der Waals surface area contributed by atoms with Crippen LogP contribution in [-0.2, 0) is 11.3 Å². The zero-order valence-corrected chi connectivity index (χ0v) is 13.7. The molecule has 1 atom stereocenters. The van der Waals surface area contributed by atoms with Crippen LogP contribution in [0.15, 0.2) is 23.0 Å². The van der Waals surface area contributed by atoms with Crippen LogP contribution >= 0.6 is 0 Å². The molecule has 1 fully saturated rings. The number of carbonyl (C=O) groups is 2. The monoisotopic (exact) mass is 329 g/mol. The average Bonchev–Trinajstić information content (AvgIpc) is 3.24. The Morgan fingerprint density at radius 2 is 2.29 bits per heavy atom. The minimum atomic E-state index is -0.353. The highest BCUT2D eigenvalue weighted by atomic mass is 16.5. The minimum absolute atomic E-state index is 0.0328. The van der Waals surface area contributed by atoms with E-state index < -0.39 is 0 Å². The number of nitrogens with one attached hydrogen (secondary N) is 1. The van der Waals surface area contributed by atoms with Gasteiger partial charge in [-0.05, 0) is 19.8 Å². The van der Waals surface area contributed by atoms with E-state index in [0.717, 1.165) is 30.6 Å². The molecule has 2 amide bonds. The lowest BCUT2D eigenvalue weighted by molar-refractivity contribution is -0.129. The van der Waals surface area contributed by atoms with E-state index in [1.54, 1.807) is 13.1 Å². The second-order valence-corrected chi connectivity index (χ2v) is 5.76. The number of carbonyl (C=O) groups excluding carboxylic acids is 2. The van der Waals surface area contributed by atoms with Crippen LogP contribution in [-0.4, -0.2) is 38.4 Å². The topological polar surface area (TPSA) is 101 Å². The number of aromatic nitrogens is 3. The maximum Gasteiger partial charge on any atom is 0.290 e. The Balaban J connectivity index is 1.81. The van der Waals surface area contributed by atoms with Gasteiger partial charge in [-0.3, -0.25) is 9.59 Å². The molecule has 1 unspecified atom stereocenters. The van der Waals surface area contributed by atoms with Crippen LogP contribution in [0, 0.1) is 6.92 Å². The molecule has 3 heterocycles. The molecular weight excluding hydrogens is 310 g/mol. The van der Waals surface area contributed by atoms with Crippen molar-refractivity contribution in [1.29, 1.82) is 0 Å². The number of likely N-dealkylation sites (tertiary alicyclic amines) is 1. The normalized spacial score (nSPS) is 17.1. The minimum Gasteiger partial charge on any atom is -0.351 e. The molecule has 3 rings (SSSR count). The summed E-state index contributed by atoms with van der Waals surface area (Å²) in [5.74, 6) is 0.473. The van der Waals surface area contributed by atoms with E-state index in [0.29, 0.717) is 5.82 Å². The number of hydrogen-bond acceptors (Lipinski definition) is 6. The van der Waals surface area contributed by atoms with Crippen molar-refractivity contribution in [3.05, 3.63) is 41.3 Å². The Bertz CT molecular complexity index is 744. The van der Waals surface area contributed by atoms with Crippen LogP contribution in [0.1, 0.15) is 53.4 Å². The average molecular weight is 329 g/mol. The summed E-state index contributed by atoms with van der Waals surface area (Å²) in [7, 11) is 0. The van der Waals surface area contributed by atoms with Crippen molar-refractivity contribution >= 4 is 11.8 Å². The van der Waals surface area contributed by atoms with E-state index in [1.165, 1.54) is 12.3 Å². The molecule has 126 valence electrons. The highest BCUT2D eigenvalue weighted by molar-refractivity contribution is 5.91. The van der Waals surface area contributed by atoms with Crippen molar-refractivity contribution in [1.82, 2.24) is 25.3 Å². The molecule has 24 heavy (non-hydrogen) atoms. The van der Waals surface area contributed by atoms with Crippen LogP contribution < -0.4 is 5.32 Å². The molecule has 0 aliphatic carbocycles. The van der Waals surface area contributed by atoms with Gasteiger partial charge >= 0.3 is 0 Å². The zero-order valence-electron chi connectivity index (χ0n) is 13.7. The summed E-state index contributed by atoms with van der Waals surface area (Å²) in [5, 5.41) is 6.29. The zero-order chi connectivity index (χ0) is 17.1. The highest BCUT2D eigenvalue weighted by Gasteiger charge is 2.31. The van der Waals surface area contributed by atoms with Crippen LogP contribution in [0.4, 0.5) is 0 Å². The van der Waals surface area contributed by atoms with Gasteiger partial charge in [-0.15, -0.1) is 0 Å². The molecule has 1 N–H and O–H groups in total. The van der Waals surface area contributed by atoms with Gasteiger partial charge in [-0.1, -0.05) is 5.16 Å². The summed E-state index contributed by atoms with van der Waals surface area (Å²) in [6.07, 6.45) is 4.92. The highest BCUT2D eigenvalue weighted by Crippen LogP contribution is 2.32. The van der Waals surface area contributed by atoms with Crippen LogP contribution in [0.3, 0.4) is 0 Å². The molecule has 8 nitrogen and oxygen atoms in total. The van der Waals surface area contributed by atoms with Gasteiger partial charge in [-0.25, -0.2) is 9.97 Å². The lowest BCUT2D eigenvalue weighted by Gasteiger charge is -2.24. The maximum absolute atomic E-state index is 12.0. The molecule has 0 spiro atoms. The fourth-order valence-electron chi connectivity index (χ4n) is 2.96. The quantitative estimate of drug-likeness (QED) is 0.909. The number of rotatable bonds is 4. The predicted molar refractivity (Wildman–Crippen MR) is 83.8 cm³/mol. The van der Waals surface area contributed by atoms with Gasteiger partial charge in [0.15, 0.2) is 0 Å². The summed E-state index contributed by atoms with van der Waals surface area (Å²) in [4.78, 5) is 34.4. The molecule has 0 radical (unpaired) electrons. The fourth-order valence-corrected chi connectivity index (χ4v) is 2.96. The number of nitrogens with zero attached hydrogens (tertiary/aromatic N) is 4. The summed E-state index contributed by atoms with van der Waals surface area (Å²) in [6.45, 7) is 4.37. The molecule has 8 heteroatoms. The van der Waals surface area contributed by atoms with Gasteiger partial charge in [-0.2, -0.15) is 0 Å². The lowest BCUT2D eigenvalue weighted by atomic mass is 10.1. The fraction of sp³-hybridized carbons (Fsp3) is 0.438. The Labute approximate surface area is 139 Å². The van der Waals surface area contributed by atoms with E-state index in [4.69, 9.17) is 4.52 Å². The Morgan fingerprint density at radius 3 is 3.00 bits per heavy atom. The third-order valence-corrected chi connectivity index (χ3v) is 4.09. The van der Waals surface area contributed by atoms with Crippen molar-refractivity contribution < 1.29 is 14.1 Å². The van der Waals surface area contributed by atoms with E-state index in [-0.39, 0.29) is 30.2 Å². The number of amides is 2. The first-order chi connectivity index (χ1) is 11.6. The summed E-state index contributed by atoms with van der Waals surface area (Å²) < 4.78 is 4.84. The first kappa shape index (κ1) is 16.1. The van der Waals surface area contributed by atoms with Gasteiger partial charge in [0, 0.05) is 37.8 Å². The van der Waals surface area contributed by atoms with Crippen molar-refractivity contribution in [2.24, 2.45) is 0 Å². The van der Waals surface area contributed by atoms with Crippen molar-refractivity contribution in [2.75, 3.05) is 6.54 Å². The SMILES string of the molecule is CC(=O)N1CCCC1c1nc(C)ncc1CNC(=O)c1ccno1. The largest absolute Gasteiger partial charge is 0.351 e. The van der Waals surface area contributed by atoms with E-state index in [1.807, 2.05) is 11.8 Å². The molecule has 0 aromatic carbocycles. The third kappa shape index (κ3) is 3.27. The Kier molecular flexibility index (Phi) is 4.54. The molecule has 2 aromatic heterocycles. The van der Waals surface area contributed by atoms with Crippen LogP contribution in [0.5, 0.6) is 0 Å². The van der Waals surface area contributed by atoms with Crippen molar-refractivity contribution in [3.8, 4) is 0 Å². The predicted octanol–water partition coefficient (Wildman–Crippen LogP) is 1.39. The molecule has 0 bridgehead atoms. The standard InChI is InChI=1S/C16H19N5O3/c1-10-17-8-12(9-18-16(23)14-5-6-19-24-14)15(20-10)13-4-3-7-21(13)11(2)22/h5-6,8,13H,3-4,7,9H2,1-2H3,(H,18,23). The van der Waals surface area contributed by atoms with Gasteiger partial charge in [0.2, 0.25) is 11.7 Å². The van der Waals surface area contributed by atoms with Crippen LogP contribution in [0.2, 0.25) is 0 Å². The van der Waals surface area contributed by atoms with E-state index >= 15 is 0 Å². The summed E-state index contributed by atoms with van der Waals surface area (Å²) in [5.41, 5.74) is 1.60. The number of hydrogen-bond donors (Lipinski definition) is 1. The first-order valence-corrected chi connectivity index (χ1v) is 7.84. The van der Waals surface area contributed by atoms with Gasteiger partial charge < -0.3 is 14.7 Å². The molecule has 1 aliphatic heterocycles. The van der Waals surface area contributed by atoms with Crippen molar-refractivity contribution in [2.45, 2.75) is 39.3 Å². The molecule has 0 saturated carbocycles. The van der Waals surface area contributed by atoms with Gasteiger partial charge in [0.1, 0.15) is 5.82 Å². The van der Waals surface area contributed by atoms with E-state index in [2.05, 4.69) is 20.4 Å². The van der Waals surface area contributed by atoms with Gasteiger partial charge in [0.05, 0.1) is 17.9 Å². The smallest absolute Gasteiger partial charge is 0.290 e. The van der Waals surface area contributed by atoms with Gasteiger partial charge in [0.25, 0.3) is 5.91 Å². The second kappa shape index (κ2) is 6.77. The molecular formula is C16H19N5O3. The maximum atomic E-state index is 12.0. The molecule has 2 aromatic rings. The Hall–Kier alpha value is -2.77. The number of aryl methyl sites for hydroxylation is 1. The van der Waals surface area contributed by atoms with E-state index in [9.17, 15) is 9.59 Å². The third-order valence-electron chi connectivity index (χ3n) is 4.09. The second-order valence-electron chi connectivity index (χ2n) is 5.76. The summed E-state index contributed by atoms with van der Waals surface area (Å²) in [6, 6.07) is 1.43. The Morgan fingerprint density at radius 1 is 1.46 bits per heavy atom. The van der Waals surface area contributed by atoms with Crippen LogP contribution in [0.25, 0.3) is 0 Å². The first-order valence-electron chi connectivity index (χ1n) is 7.84. The molecule has 1 saturated heterocycles. The summed E-state index contributed by atoms with van der Waals surface area (Å²) >= 11 is 0. The lowest BCUT2D eigenvalue weighted by Crippen LogP contribution is -2.30.